The van der Waals surface area contributed by atoms with Crippen LogP contribution in [0.25, 0.3) is 0 Å². The van der Waals surface area contributed by atoms with Crippen molar-refractivity contribution in [1.82, 2.24) is 0 Å². The third-order valence-corrected chi connectivity index (χ3v) is 4.15. The highest BCUT2D eigenvalue weighted by Gasteiger charge is 2.43. The molecule has 106 valence electrons. The fourth-order valence-electron chi connectivity index (χ4n) is 2.69. The summed E-state index contributed by atoms with van der Waals surface area (Å²) in [6, 6.07) is 7.40. The Morgan fingerprint density at radius 3 is 2.85 bits per heavy atom. The maximum Gasteiger partial charge on any atom is 0.311 e. The Balaban J connectivity index is 2.34. The van der Waals surface area contributed by atoms with Crippen molar-refractivity contribution in [2.24, 2.45) is 5.41 Å². The number of carbonyl (C=O) groups is 1. The Labute approximate surface area is 118 Å². The monoisotopic (exact) mass is 274 g/mol. The maximum absolute atomic E-state index is 11.5. The number of hydrogen-bond acceptors (Lipinski definition) is 4. The van der Waals surface area contributed by atoms with E-state index in [9.17, 15) is 15.2 Å². The molecule has 0 aromatic heterocycles. The number of anilines is 1. The zero-order valence-corrected chi connectivity index (χ0v) is 11.7. The van der Waals surface area contributed by atoms with E-state index in [1.54, 1.807) is 25.3 Å². The van der Waals surface area contributed by atoms with Gasteiger partial charge < -0.3 is 14.7 Å². The van der Waals surface area contributed by atoms with Crippen LogP contribution >= 0.6 is 0 Å². The summed E-state index contributed by atoms with van der Waals surface area (Å²) >= 11 is 0. The van der Waals surface area contributed by atoms with E-state index in [1.807, 2.05) is 11.8 Å². The van der Waals surface area contributed by atoms with Crippen molar-refractivity contribution < 1.29 is 14.6 Å². The summed E-state index contributed by atoms with van der Waals surface area (Å²) in [6.07, 6.45) is 1.19. The van der Waals surface area contributed by atoms with Gasteiger partial charge in [0, 0.05) is 19.2 Å². The molecule has 1 saturated heterocycles. The number of nitrogens with zero attached hydrogens (tertiary/aromatic N) is 2. The molecule has 5 nitrogen and oxygen atoms in total. The van der Waals surface area contributed by atoms with Crippen LogP contribution < -0.4 is 9.64 Å². The zero-order chi connectivity index (χ0) is 14.8. The summed E-state index contributed by atoms with van der Waals surface area (Å²) in [6.45, 7) is 2.97. The summed E-state index contributed by atoms with van der Waals surface area (Å²) in [7, 11) is 1.57. The van der Waals surface area contributed by atoms with Gasteiger partial charge in [-0.2, -0.15) is 5.26 Å². The lowest BCUT2D eigenvalue weighted by atomic mass is 9.84. The maximum atomic E-state index is 11.5. The first-order valence-corrected chi connectivity index (χ1v) is 6.63. The molecule has 5 heteroatoms. The molecule has 1 aliphatic heterocycles. The Bertz CT molecular complexity index is 565. The molecule has 1 N–H and O–H groups in total. The van der Waals surface area contributed by atoms with E-state index in [4.69, 9.17) is 4.74 Å². The molecule has 1 aromatic carbocycles. The van der Waals surface area contributed by atoms with Gasteiger partial charge in [-0.3, -0.25) is 4.79 Å². The molecule has 0 bridgehead atoms. The van der Waals surface area contributed by atoms with Crippen LogP contribution in [-0.2, 0) is 4.79 Å². The van der Waals surface area contributed by atoms with Gasteiger partial charge in [-0.05, 0) is 25.0 Å². The SMILES string of the molecule is CCC1(C(=O)O)CCN(c2cc(OC)ccc2C#N)C1. The molecule has 1 atom stereocenters. The van der Waals surface area contributed by atoms with E-state index in [0.717, 1.165) is 5.69 Å². The Kier molecular flexibility index (Phi) is 3.84. The van der Waals surface area contributed by atoms with Crippen LogP contribution in [0.2, 0.25) is 0 Å². The molecule has 1 aromatic rings. The number of carboxylic acids is 1. The molecule has 0 radical (unpaired) electrons. The summed E-state index contributed by atoms with van der Waals surface area (Å²) in [5, 5.41) is 18.6. The van der Waals surface area contributed by atoms with Crippen LogP contribution in [0, 0.1) is 16.7 Å². The fourth-order valence-corrected chi connectivity index (χ4v) is 2.69. The lowest BCUT2D eigenvalue weighted by Crippen LogP contribution is -2.34. The van der Waals surface area contributed by atoms with Gasteiger partial charge in [-0.25, -0.2) is 0 Å². The quantitative estimate of drug-likeness (QED) is 0.911. The van der Waals surface area contributed by atoms with Crippen molar-refractivity contribution in [3.8, 4) is 11.8 Å². The smallest absolute Gasteiger partial charge is 0.311 e. The molecule has 0 aliphatic carbocycles. The van der Waals surface area contributed by atoms with Crippen molar-refractivity contribution in [3.63, 3.8) is 0 Å². The first kappa shape index (κ1) is 14.2. The highest BCUT2D eigenvalue weighted by atomic mass is 16.5. The van der Waals surface area contributed by atoms with E-state index in [2.05, 4.69) is 6.07 Å². The Morgan fingerprint density at radius 2 is 2.35 bits per heavy atom. The Hall–Kier alpha value is -2.22. The van der Waals surface area contributed by atoms with Crippen LogP contribution in [0.15, 0.2) is 18.2 Å². The molecule has 1 fully saturated rings. The van der Waals surface area contributed by atoms with Crippen molar-refractivity contribution in [1.29, 1.82) is 5.26 Å². The number of ether oxygens (including phenoxy) is 1. The molecule has 20 heavy (non-hydrogen) atoms. The normalized spacial score (nSPS) is 21.6. The van der Waals surface area contributed by atoms with Gasteiger partial charge >= 0.3 is 5.97 Å². The van der Waals surface area contributed by atoms with E-state index in [1.165, 1.54) is 0 Å². The molecule has 1 heterocycles. The minimum absolute atomic E-state index is 0.431. The van der Waals surface area contributed by atoms with E-state index < -0.39 is 11.4 Å². The lowest BCUT2D eigenvalue weighted by Gasteiger charge is -2.25. The van der Waals surface area contributed by atoms with E-state index >= 15 is 0 Å². The van der Waals surface area contributed by atoms with Crippen molar-refractivity contribution >= 4 is 11.7 Å². The van der Waals surface area contributed by atoms with Gasteiger partial charge in [0.15, 0.2) is 0 Å². The summed E-state index contributed by atoms with van der Waals surface area (Å²) < 4.78 is 5.19. The highest BCUT2D eigenvalue weighted by molar-refractivity contribution is 5.77. The fraction of sp³-hybridized carbons (Fsp3) is 0.467. The molecule has 0 spiro atoms. The minimum Gasteiger partial charge on any atom is -0.497 e. The predicted octanol–water partition coefficient (Wildman–Crippen LogP) is 2.26. The average Bonchev–Trinajstić information content (AvgIpc) is 2.92. The summed E-state index contributed by atoms with van der Waals surface area (Å²) in [5.41, 5.74) is 0.585. The number of aliphatic carboxylic acids is 1. The van der Waals surface area contributed by atoms with Crippen molar-refractivity contribution in [2.75, 3.05) is 25.1 Å². The van der Waals surface area contributed by atoms with E-state index in [-0.39, 0.29) is 0 Å². The number of methoxy groups -OCH3 is 1. The third kappa shape index (κ3) is 2.29. The molecule has 1 aliphatic rings. The molecular formula is C15H18N2O3. The number of benzene rings is 1. The second kappa shape index (κ2) is 5.41. The molecule has 2 rings (SSSR count). The van der Waals surface area contributed by atoms with Gasteiger partial charge in [0.2, 0.25) is 0 Å². The van der Waals surface area contributed by atoms with Crippen LogP contribution in [-0.4, -0.2) is 31.3 Å². The number of carboxylic acid groups (broad SMARTS) is 1. The third-order valence-electron chi connectivity index (χ3n) is 4.15. The Morgan fingerprint density at radius 1 is 1.60 bits per heavy atom. The average molecular weight is 274 g/mol. The predicted molar refractivity (Wildman–Crippen MR) is 74.9 cm³/mol. The topological polar surface area (TPSA) is 73.6 Å². The number of hydrogen-bond donors (Lipinski definition) is 1. The zero-order valence-electron chi connectivity index (χ0n) is 11.7. The van der Waals surface area contributed by atoms with Gasteiger partial charge in [-0.1, -0.05) is 6.92 Å². The largest absolute Gasteiger partial charge is 0.497 e. The van der Waals surface area contributed by atoms with Gasteiger partial charge in [0.05, 0.1) is 23.8 Å². The summed E-state index contributed by atoms with van der Waals surface area (Å²) in [4.78, 5) is 13.5. The van der Waals surface area contributed by atoms with Crippen molar-refractivity contribution in [2.45, 2.75) is 19.8 Å². The molecular weight excluding hydrogens is 256 g/mol. The van der Waals surface area contributed by atoms with Crippen LogP contribution in [0.1, 0.15) is 25.3 Å². The number of nitriles is 1. The standard InChI is InChI=1S/C15H18N2O3/c1-3-15(14(18)19)6-7-17(10-15)13-8-12(20-2)5-4-11(13)9-16/h4-5,8H,3,6-7,10H2,1-2H3,(H,18,19). The molecule has 1 unspecified atom stereocenters. The number of rotatable bonds is 4. The first-order valence-electron chi connectivity index (χ1n) is 6.63. The van der Waals surface area contributed by atoms with Crippen molar-refractivity contribution in [3.05, 3.63) is 23.8 Å². The van der Waals surface area contributed by atoms with E-state index in [0.29, 0.717) is 37.2 Å². The lowest BCUT2D eigenvalue weighted by molar-refractivity contribution is -0.147. The molecule has 0 amide bonds. The van der Waals surface area contributed by atoms with Crippen LogP contribution in [0.3, 0.4) is 0 Å². The second-order valence-corrected chi connectivity index (χ2v) is 5.11. The molecule has 0 saturated carbocycles. The minimum atomic E-state index is -0.760. The highest BCUT2D eigenvalue weighted by Crippen LogP contribution is 2.38. The van der Waals surface area contributed by atoms with Gasteiger partial charge in [0.25, 0.3) is 0 Å². The first-order chi connectivity index (χ1) is 9.56. The second-order valence-electron chi connectivity index (χ2n) is 5.11. The van der Waals surface area contributed by atoms with Crippen LogP contribution in [0.5, 0.6) is 5.75 Å². The summed E-state index contributed by atoms with van der Waals surface area (Å²) in [5.74, 6) is -0.0905. The van der Waals surface area contributed by atoms with Crippen LogP contribution in [0.4, 0.5) is 5.69 Å². The van der Waals surface area contributed by atoms with Gasteiger partial charge in [-0.15, -0.1) is 0 Å². The van der Waals surface area contributed by atoms with Gasteiger partial charge in [0.1, 0.15) is 11.8 Å².